The van der Waals surface area contributed by atoms with Gasteiger partial charge in [0, 0.05) is 0 Å². The maximum atomic E-state index is 12.4. The summed E-state index contributed by atoms with van der Waals surface area (Å²) in [5.74, 6) is 1.50. The second kappa shape index (κ2) is 9.27. The quantitative estimate of drug-likeness (QED) is 0.719. The maximum absolute atomic E-state index is 12.4. The number of rotatable bonds is 8. The third kappa shape index (κ3) is 5.25. The molecule has 0 saturated carbocycles. The molecule has 26 heavy (non-hydrogen) atoms. The van der Waals surface area contributed by atoms with Gasteiger partial charge in [-0.3, -0.25) is 4.79 Å². The van der Waals surface area contributed by atoms with Crippen molar-refractivity contribution in [3.8, 4) is 11.5 Å². The molecular weight excluding hydrogens is 326 g/mol. The molecule has 0 fully saturated rings. The number of amides is 1. The zero-order valence-electron chi connectivity index (χ0n) is 16.4. The highest BCUT2D eigenvalue weighted by Gasteiger charge is 2.19. The second-order valence-corrected chi connectivity index (χ2v) is 6.62. The minimum absolute atomic E-state index is 0.113. The van der Waals surface area contributed by atoms with Crippen LogP contribution in [0, 0.1) is 27.7 Å². The van der Waals surface area contributed by atoms with Crippen LogP contribution in [0.2, 0.25) is 0 Å². The summed E-state index contributed by atoms with van der Waals surface area (Å²) in [4.78, 5) is 12.4. The van der Waals surface area contributed by atoms with Gasteiger partial charge in [-0.15, -0.1) is 0 Å². The second-order valence-electron chi connectivity index (χ2n) is 6.62. The molecule has 0 aromatic heterocycles. The molecule has 1 unspecified atom stereocenters. The molecule has 1 amide bonds. The normalized spacial score (nSPS) is 11.7. The first-order valence-corrected chi connectivity index (χ1v) is 9.13. The number of carbonyl (C=O) groups excluding carboxylic acids is 1. The highest BCUT2D eigenvalue weighted by Crippen LogP contribution is 2.22. The van der Waals surface area contributed by atoms with Gasteiger partial charge in [0.05, 0.1) is 6.54 Å². The lowest BCUT2D eigenvalue weighted by Crippen LogP contribution is -2.39. The van der Waals surface area contributed by atoms with Crippen molar-refractivity contribution in [3.05, 3.63) is 58.7 Å². The summed E-state index contributed by atoms with van der Waals surface area (Å²) in [6, 6.07) is 11.9. The highest BCUT2D eigenvalue weighted by atomic mass is 16.5. The van der Waals surface area contributed by atoms with Gasteiger partial charge in [0.25, 0.3) is 5.91 Å². The van der Waals surface area contributed by atoms with E-state index in [1.165, 1.54) is 5.56 Å². The van der Waals surface area contributed by atoms with E-state index in [0.29, 0.717) is 19.6 Å². The van der Waals surface area contributed by atoms with Crippen molar-refractivity contribution in [2.45, 2.75) is 47.1 Å². The summed E-state index contributed by atoms with van der Waals surface area (Å²) in [6.45, 7) is 10.9. The number of benzene rings is 2. The van der Waals surface area contributed by atoms with Gasteiger partial charge in [0.15, 0.2) is 6.10 Å². The van der Waals surface area contributed by atoms with Crippen molar-refractivity contribution in [2.75, 3.05) is 13.2 Å². The highest BCUT2D eigenvalue weighted by molar-refractivity contribution is 5.81. The van der Waals surface area contributed by atoms with Gasteiger partial charge >= 0.3 is 0 Å². The van der Waals surface area contributed by atoms with Crippen molar-refractivity contribution < 1.29 is 14.3 Å². The zero-order valence-corrected chi connectivity index (χ0v) is 16.4. The lowest BCUT2D eigenvalue weighted by Gasteiger charge is -2.19. The predicted octanol–water partition coefficient (Wildman–Crippen LogP) is 4.27. The Morgan fingerprint density at radius 1 is 1.04 bits per heavy atom. The summed E-state index contributed by atoms with van der Waals surface area (Å²) < 4.78 is 11.7. The largest absolute Gasteiger partial charge is 0.491 e. The Morgan fingerprint density at radius 3 is 2.50 bits per heavy atom. The van der Waals surface area contributed by atoms with E-state index in [1.54, 1.807) is 0 Å². The first kappa shape index (κ1) is 19.8. The SMILES string of the molecule is CCC(Oc1cccc(C)c1C)C(=O)NCCOc1ccc(C)cc1C. The number of ether oxygens (including phenoxy) is 2. The molecule has 0 bridgehead atoms. The molecule has 2 rings (SSSR count). The fourth-order valence-corrected chi connectivity index (χ4v) is 2.74. The zero-order chi connectivity index (χ0) is 19.1. The smallest absolute Gasteiger partial charge is 0.261 e. The van der Waals surface area contributed by atoms with Crippen LogP contribution in [0.3, 0.4) is 0 Å². The van der Waals surface area contributed by atoms with Crippen molar-refractivity contribution in [2.24, 2.45) is 0 Å². The standard InChI is InChI=1S/C22H29NO3/c1-6-19(26-21-9-7-8-16(3)18(21)5)22(24)23-12-13-25-20-11-10-15(2)14-17(20)4/h7-11,14,19H,6,12-13H2,1-5H3,(H,23,24). The van der Waals surface area contributed by atoms with E-state index in [9.17, 15) is 4.79 Å². The fourth-order valence-electron chi connectivity index (χ4n) is 2.74. The first-order chi connectivity index (χ1) is 12.4. The monoisotopic (exact) mass is 355 g/mol. The van der Waals surface area contributed by atoms with E-state index >= 15 is 0 Å². The summed E-state index contributed by atoms with van der Waals surface area (Å²) in [7, 11) is 0. The fraction of sp³-hybridized carbons (Fsp3) is 0.409. The minimum atomic E-state index is -0.503. The molecule has 0 spiro atoms. The molecule has 0 radical (unpaired) electrons. The van der Waals surface area contributed by atoms with Crippen LogP contribution in [0.5, 0.6) is 11.5 Å². The van der Waals surface area contributed by atoms with E-state index in [0.717, 1.165) is 28.2 Å². The Kier molecular flexibility index (Phi) is 7.07. The van der Waals surface area contributed by atoms with Crippen LogP contribution in [0.25, 0.3) is 0 Å². The van der Waals surface area contributed by atoms with Gasteiger partial charge < -0.3 is 14.8 Å². The van der Waals surface area contributed by atoms with Crippen LogP contribution in [0.1, 0.15) is 35.6 Å². The van der Waals surface area contributed by atoms with Crippen LogP contribution in [0.4, 0.5) is 0 Å². The number of aryl methyl sites for hydroxylation is 3. The van der Waals surface area contributed by atoms with Crippen LogP contribution in [0.15, 0.2) is 36.4 Å². The van der Waals surface area contributed by atoms with E-state index in [2.05, 4.69) is 18.3 Å². The Labute approximate surface area is 156 Å². The van der Waals surface area contributed by atoms with Gasteiger partial charge in [-0.05, 0) is 62.9 Å². The summed E-state index contributed by atoms with van der Waals surface area (Å²) in [6.07, 6.45) is 0.105. The van der Waals surface area contributed by atoms with E-state index in [1.807, 2.05) is 58.0 Å². The molecule has 1 atom stereocenters. The van der Waals surface area contributed by atoms with Gasteiger partial charge in [-0.1, -0.05) is 36.8 Å². The van der Waals surface area contributed by atoms with Crippen LogP contribution in [-0.4, -0.2) is 25.2 Å². The van der Waals surface area contributed by atoms with Crippen molar-refractivity contribution in [1.82, 2.24) is 5.32 Å². The van der Waals surface area contributed by atoms with E-state index in [-0.39, 0.29) is 5.91 Å². The lowest BCUT2D eigenvalue weighted by molar-refractivity contribution is -0.128. The molecule has 4 heteroatoms. The summed E-state index contributed by atoms with van der Waals surface area (Å²) in [5, 5.41) is 2.90. The van der Waals surface area contributed by atoms with E-state index in [4.69, 9.17) is 9.47 Å². The summed E-state index contributed by atoms with van der Waals surface area (Å²) >= 11 is 0. The maximum Gasteiger partial charge on any atom is 0.261 e. The van der Waals surface area contributed by atoms with Crippen molar-refractivity contribution >= 4 is 5.91 Å². The molecule has 0 aliphatic carbocycles. The molecule has 2 aromatic carbocycles. The summed E-state index contributed by atoms with van der Waals surface area (Å²) in [5.41, 5.74) is 4.52. The average Bonchev–Trinajstić information content (AvgIpc) is 2.61. The van der Waals surface area contributed by atoms with Gasteiger partial charge in [-0.2, -0.15) is 0 Å². The molecule has 0 aliphatic heterocycles. The number of hydrogen-bond donors (Lipinski definition) is 1. The third-order valence-corrected chi connectivity index (χ3v) is 4.48. The van der Waals surface area contributed by atoms with Crippen molar-refractivity contribution in [1.29, 1.82) is 0 Å². The number of nitrogens with one attached hydrogen (secondary N) is 1. The Hall–Kier alpha value is -2.49. The Bertz CT molecular complexity index is 755. The molecule has 0 heterocycles. The molecule has 2 aromatic rings. The van der Waals surface area contributed by atoms with Gasteiger partial charge in [-0.25, -0.2) is 0 Å². The van der Waals surface area contributed by atoms with Gasteiger partial charge in [0.1, 0.15) is 18.1 Å². The average molecular weight is 355 g/mol. The molecule has 0 aliphatic rings. The van der Waals surface area contributed by atoms with Crippen LogP contribution < -0.4 is 14.8 Å². The minimum Gasteiger partial charge on any atom is -0.491 e. The van der Waals surface area contributed by atoms with Crippen molar-refractivity contribution in [3.63, 3.8) is 0 Å². The van der Waals surface area contributed by atoms with Crippen LogP contribution >= 0.6 is 0 Å². The van der Waals surface area contributed by atoms with E-state index < -0.39 is 6.10 Å². The molecule has 4 nitrogen and oxygen atoms in total. The molecular formula is C22H29NO3. The number of hydrogen-bond acceptors (Lipinski definition) is 3. The molecule has 140 valence electrons. The Morgan fingerprint density at radius 2 is 1.81 bits per heavy atom. The first-order valence-electron chi connectivity index (χ1n) is 9.13. The topological polar surface area (TPSA) is 47.6 Å². The predicted molar refractivity (Wildman–Crippen MR) is 105 cm³/mol. The Balaban J connectivity index is 1.84. The molecule has 1 N–H and O–H groups in total. The lowest BCUT2D eigenvalue weighted by atomic mass is 10.1. The third-order valence-electron chi connectivity index (χ3n) is 4.48. The molecule has 0 saturated heterocycles. The van der Waals surface area contributed by atoms with Crippen LogP contribution in [-0.2, 0) is 4.79 Å². The van der Waals surface area contributed by atoms with Gasteiger partial charge in [0.2, 0.25) is 0 Å². The number of carbonyl (C=O) groups is 1.